The summed E-state index contributed by atoms with van der Waals surface area (Å²) < 4.78 is 4.74. The second-order valence-corrected chi connectivity index (χ2v) is 3.92. The zero-order valence-corrected chi connectivity index (χ0v) is 11.0. The van der Waals surface area contributed by atoms with Crippen LogP contribution >= 0.6 is 0 Å². The topological polar surface area (TPSA) is 119 Å². The van der Waals surface area contributed by atoms with Gasteiger partial charge in [0.2, 0.25) is 5.91 Å². The molecule has 0 aliphatic rings. The number of nitrogens with one attached hydrogen (secondary N) is 1. The number of nitro benzene ring substituents is 1. The minimum atomic E-state index is -1.07. The molecule has 1 aromatic rings. The summed E-state index contributed by atoms with van der Waals surface area (Å²) in [5, 5.41) is 21.3. The first-order chi connectivity index (χ1) is 9.99. The number of amides is 1. The third-order valence-electron chi connectivity index (χ3n) is 2.30. The Morgan fingerprint density at radius 2 is 2.00 bits per heavy atom. The van der Waals surface area contributed by atoms with Crippen LogP contribution in [0.4, 0.5) is 5.69 Å². The number of carboxylic acids is 1. The van der Waals surface area contributed by atoms with Crippen molar-refractivity contribution in [3.63, 3.8) is 0 Å². The van der Waals surface area contributed by atoms with E-state index in [9.17, 15) is 19.7 Å². The van der Waals surface area contributed by atoms with Crippen molar-refractivity contribution in [1.82, 2.24) is 5.32 Å². The minimum Gasteiger partial charge on any atom is -0.480 e. The summed E-state index contributed by atoms with van der Waals surface area (Å²) in [6.45, 7) is -0.116. The van der Waals surface area contributed by atoms with Gasteiger partial charge in [-0.2, -0.15) is 0 Å². The third-order valence-corrected chi connectivity index (χ3v) is 2.30. The summed E-state index contributed by atoms with van der Waals surface area (Å²) in [4.78, 5) is 31.5. The Labute approximate surface area is 120 Å². The molecule has 21 heavy (non-hydrogen) atoms. The average Bonchev–Trinajstić information content (AvgIpc) is 2.44. The van der Waals surface area contributed by atoms with Crippen LogP contribution in [0.1, 0.15) is 5.56 Å². The molecule has 8 heteroatoms. The van der Waals surface area contributed by atoms with Crippen molar-refractivity contribution in [2.24, 2.45) is 0 Å². The largest absolute Gasteiger partial charge is 0.480 e. The molecule has 0 saturated carbocycles. The number of aliphatic carboxylic acids is 1. The van der Waals surface area contributed by atoms with Crippen LogP contribution in [-0.2, 0) is 14.3 Å². The summed E-state index contributed by atoms with van der Waals surface area (Å²) in [7, 11) is 0. The predicted octanol–water partition coefficient (Wildman–Crippen LogP) is 0.825. The second kappa shape index (κ2) is 8.43. The van der Waals surface area contributed by atoms with E-state index in [-0.39, 0.29) is 24.7 Å². The first kappa shape index (κ1) is 16.3. The first-order valence-electron chi connectivity index (χ1n) is 5.99. The molecule has 0 aromatic heterocycles. The molecular weight excluding hydrogens is 280 g/mol. The fourth-order valence-electron chi connectivity index (χ4n) is 1.34. The SMILES string of the molecule is O=C(O)COCCNC(=O)C=Cc1ccc([N+](=O)[O-])cc1. The van der Waals surface area contributed by atoms with Crippen molar-refractivity contribution in [3.8, 4) is 0 Å². The molecule has 0 spiro atoms. The zero-order chi connectivity index (χ0) is 15.7. The number of hydrogen-bond acceptors (Lipinski definition) is 5. The molecule has 8 nitrogen and oxygen atoms in total. The van der Waals surface area contributed by atoms with Crippen molar-refractivity contribution in [1.29, 1.82) is 0 Å². The van der Waals surface area contributed by atoms with Gasteiger partial charge in [-0.1, -0.05) is 0 Å². The lowest BCUT2D eigenvalue weighted by Gasteiger charge is -2.02. The van der Waals surface area contributed by atoms with E-state index in [0.717, 1.165) is 0 Å². The lowest BCUT2D eigenvalue weighted by Crippen LogP contribution is -2.26. The number of carbonyl (C=O) groups is 2. The summed E-state index contributed by atoms with van der Waals surface area (Å²) in [6, 6.07) is 5.74. The van der Waals surface area contributed by atoms with Crippen LogP contribution in [0.5, 0.6) is 0 Å². The third kappa shape index (κ3) is 6.83. The fourth-order valence-corrected chi connectivity index (χ4v) is 1.34. The van der Waals surface area contributed by atoms with Crippen molar-refractivity contribution in [2.45, 2.75) is 0 Å². The number of non-ortho nitro benzene ring substituents is 1. The van der Waals surface area contributed by atoms with Gasteiger partial charge in [0.25, 0.3) is 5.69 Å². The van der Waals surface area contributed by atoms with E-state index in [1.54, 1.807) is 0 Å². The number of rotatable bonds is 8. The van der Waals surface area contributed by atoms with Gasteiger partial charge in [0.15, 0.2) is 0 Å². The van der Waals surface area contributed by atoms with Crippen molar-refractivity contribution in [2.75, 3.05) is 19.8 Å². The average molecular weight is 294 g/mol. The highest BCUT2D eigenvalue weighted by Crippen LogP contribution is 2.12. The molecular formula is C13H14N2O6. The smallest absolute Gasteiger partial charge is 0.329 e. The number of nitrogens with zero attached hydrogens (tertiary/aromatic N) is 1. The monoisotopic (exact) mass is 294 g/mol. The van der Waals surface area contributed by atoms with E-state index in [2.05, 4.69) is 5.32 Å². The van der Waals surface area contributed by atoms with E-state index in [1.165, 1.54) is 36.4 Å². The van der Waals surface area contributed by atoms with Crippen molar-refractivity contribution < 1.29 is 24.4 Å². The van der Waals surface area contributed by atoms with Crippen molar-refractivity contribution >= 4 is 23.6 Å². The highest BCUT2D eigenvalue weighted by molar-refractivity contribution is 5.91. The molecule has 0 saturated heterocycles. The van der Waals surface area contributed by atoms with Crippen LogP contribution in [0.25, 0.3) is 6.08 Å². The predicted molar refractivity (Wildman–Crippen MR) is 73.6 cm³/mol. The van der Waals surface area contributed by atoms with Crippen LogP contribution in [0.3, 0.4) is 0 Å². The Bertz CT molecular complexity index is 538. The first-order valence-corrected chi connectivity index (χ1v) is 5.99. The highest BCUT2D eigenvalue weighted by atomic mass is 16.6. The number of ether oxygens (including phenoxy) is 1. The van der Waals surface area contributed by atoms with Crippen LogP contribution in [0.15, 0.2) is 30.3 Å². The van der Waals surface area contributed by atoms with Gasteiger partial charge in [0.05, 0.1) is 11.5 Å². The normalized spacial score (nSPS) is 10.5. The van der Waals surface area contributed by atoms with E-state index in [4.69, 9.17) is 9.84 Å². The summed E-state index contributed by atoms with van der Waals surface area (Å²) >= 11 is 0. The van der Waals surface area contributed by atoms with Gasteiger partial charge in [-0.3, -0.25) is 14.9 Å². The Morgan fingerprint density at radius 3 is 2.57 bits per heavy atom. The molecule has 0 bridgehead atoms. The molecule has 0 fully saturated rings. The molecule has 0 aliphatic heterocycles. The summed E-state index contributed by atoms with van der Waals surface area (Å²) in [5.74, 6) is -1.44. The zero-order valence-electron chi connectivity index (χ0n) is 11.0. The molecule has 0 radical (unpaired) electrons. The Hall–Kier alpha value is -2.74. The maximum absolute atomic E-state index is 11.4. The standard InChI is InChI=1S/C13H14N2O6/c16-12(14-7-8-21-9-13(17)18)6-3-10-1-4-11(5-2-10)15(19)20/h1-6H,7-9H2,(H,14,16)(H,17,18). The number of benzene rings is 1. The minimum absolute atomic E-state index is 0.0211. The Balaban J connectivity index is 2.33. The van der Waals surface area contributed by atoms with Crippen molar-refractivity contribution in [3.05, 3.63) is 46.0 Å². The van der Waals surface area contributed by atoms with Crippen LogP contribution in [0, 0.1) is 10.1 Å². The lowest BCUT2D eigenvalue weighted by molar-refractivity contribution is -0.384. The molecule has 1 aromatic carbocycles. The van der Waals surface area contributed by atoms with Gasteiger partial charge in [0.1, 0.15) is 6.61 Å². The molecule has 0 atom stereocenters. The molecule has 112 valence electrons. The maximum atomic E-state index is 11.4. The van der Waals surface area contributed by atoms with Gasteiger partial charge in [0, 0.05) is 24.8 Å². The number of carboxylic acid groups (broad SMARTS) is 1. The summed E-state index contributed by atoms with van der Waals surface area (Å²) in [5.41, 5.74) is 0.630. The summed E-state index contributed by atoms with van der Waals surface area (Å²) in [6.07, 6.45) is 2.79. The van der Waals surface area contributed by atoms with E-state index in [0.29, 0.717) is 5.56 Å². The molecule has 1 amide bonds. The number of carbonyl (C=O) groups excluding carboxylic acids is 1. The molecule has 0 unspecified atom stereocenters. The Morgan fingerprint density at radius 1 is 1.33 bits per heavy atom. The molecule has 0 heterocycles. The number of nitro groups is 1. The van der Waals surface area contributed by atoms with E-state index < -0.39 is 17.5 Å². The highest BCUT2D eigenvalue weighted by Gasteiger charge is 2.02. The fraction of sp³-hybridized carbons (Fsp3) is 0.231. The second-order valence-electron chi connectivity index (χ2n) is 3.92. The van der Waals surface area contributed by atoms with Crippen LogP contribution in [-0.4, -0.2) is 41.7 Å². The maximum Gasteiger partial charge on any atom is 0.329 e. The molecule has 2 N–H and O–H groups in total. The molecule has 0 aliphatic carbocycles. The van der Waals surface area contributed by atoms with Gasteiger partial charge in [-0.05, 0) is 23.8 Å². The van der Waals surface area contributed by atoms with E-state index >= 15 is 0 Å². The van der Waals surface area contributed by atoms with Crippen LogP contribution < -0.4 is 5.32 Å². The van der Waals surface area contributed by atoms with Crippen LogP contribution in [0.2, 0.25) is 0 Å². The number of hydrogen-bond donors (Lipinski definition) is 2. The quantitative estimate of drug-likeness (QED) is 0.317. The Kier molecular flexibility index (Phi) is 6.55. The molecule has 1 rings (SSSR count). The van der Waals surface area contributed by atoms with Gasteiger partial charge >= 0.3 is 5.97 Å². The van der Waals surface area contributed by atoms with E-state index in [1.807, 2.05) is 0 Å². The van der Waals surface area contributed by atoms with Gasteiger partial charge in [-0.25, -0.2) is 4.79 Å². The lowest BCUT2D eigenvalue weighted by atomic mass is 10.2. The van der Waals surface area contributed by atoms with Gasteiger partial charge in [-0.15, -0.1) is 0 Å². The van der Waals surface area contributed by atoms with Gasteiger partial charge < -0.3 is 15.2 Å².